The van der Waals surface area contributed by atoms with Crippen LogP contribution in [0.2, 0.25) is 0 Å². The quantitative estimate of drug-likeness (QED) is 0.817. The lowest BCUT2D eigenvalue weighted by molar-refractivity contribution is 0.149. The van der Waals surface area contributed by atoms with Crippen molar-refractivity contribution in [3.05, 3.63) is 35.4 Å². The van der Waals surface area contributed by atoms with E-state index >= 15 is 0 Å². The van der Waals surface area contributed by atoms with Gasteiger partial charge in [-0.3, -0.25) is 0 Å². The molecule has 0 aliphatic heterocycles. The van der Waals surface area contributed by atoms with Crippen LogP contribution in [0.15, 0.2) is 24.3 Å². The minimum absolute atomic E-state index is 0.182. The third-order valence-corrected chi connectivity index (χ3v) is 2.04. The molecule has 0 unspecified atom stereocenters. The Labute approximate surface area is 89.3 Å². The summed E-state index contributed by atoms with van der Waals surface area (Å²) in [5, 5.41) is 0. The predicted octanol–water partition coefficient (Wildman–Crippen LogP) is 2.77. The first-order chi connectivity index (χ1) is 6.87. The van der Waals surface area contributed by atoms with E-state index in [1.807, 2.05) is 19.9 Å². The maximum Gasteiger partial charge on any atom is 0.242 e. The largest absolute Gasteiger partial charge is 0.325 e. The van der Waals surface area contributed by atoms with Crippen LogP contribution < -0.4 is 5.73 Å². The van der Waals surface area contributed by atoms with Gasteiger partial charge in [-0.25, -0.2) is 8.78 Å². The lowest BCUT2D eigenvalue weighted by Crippen LogP contribution is -2.34. The van der Waals surface area contributed by atoms with E-state index in [1.54, 1.807) is 18.2 Å². The third-order valence-electron chi connectivity index (χ3n) is 2.04. The molecule has 1 aromatic carbocycles. The molecule has 1 rings (SSSR count). The Balaban J connectivity index is 2.74. The first kappa shape index (κ1) is 12.1. The van der Waals surface area contributed by atoms with Gasteiger partial charge < -0.3 is 5.73 Å². The monoisotopic (exact) mass is 213 g/mol. The minimum Gasteiger partial charge on any atom is -0.325 e. The van der Waals surface area contributed by atoms with Crippen LogP contribution in [-0.2, 0) is 12.8 Å². The van der Waals surface area contributed by atoms with Gasteiger partial charge in [0, 0.05) is 12.0 Å². The van der Waals surface area contributed by atoms with Crippen LogP contribution in [-0.4, -0.2) is 12.0 Å². The summed E-state index contributed by atoms with van der Waals surface area (Å²) in [5.41, 5.74) is 7.26. The molecule has 0 bridgehead atoms. The Kier molecular flexibility index (Phi) is 3.80. The number of nitrogens with two attached hydrogens (primary N) is 1. The molecule has 0 aliphatic carbocycles. The van der Waals surface area contributed by atoms with Crippen LogP contribution in [0.5, 0.6) is 0 Å². The number of halogens is 2. The first-order valence-electron chi connectivity index (χ1n) is 5.02. The Morgan fingerprint density at radius 3 is 2.40 bits per heavy atom. The Hall–Kier alpha value is -0.960. The van der Waals surface area contributed by atoms with E-state index in [4.69, 9.17) is 5.73 Å². The van der Waals surface area contributed by atoms with Gasteiger partial charge in [0.05, 0.1) is 0 Å². The zero-order valence-corrected chi connectivity index (χ0v) is 9.13. The van der Waals surface area contributed by atoms with Crippen LogP contribution in [0, 0.1) is 0 Å². The van der Waals surface area contributed by atoms with Crippen molar-refractivity contribution in [3.63, 3.8) is 0 Å². The first-order valence-corrected chi connectivity index (χ1v) is 5.02. The Morgan fingerprint density at radius 1 is 1.27 bits per heavy atom. The van der Waals surface area contributed by atoms with Crippen LogP contribution >= 0.6 is 0 Å². The SMILES string of the molecule is CC(C)(N)Cc1cccc(CC(F)F)c1. The summed E-state index contributed by atoms with van der Waals surface area (Å²) in [7, 11) is 0. The molecule has 0 spiro atoms. The van der Waals surface area contributed by atoms with Gasteiger partial charge in [0.2, 0.25) is 6.43 Å². The van der Waals surface area contributed by atoms with Crippen LogP contribution in [0.25, 0.3) is 0 Å². The van der Waals surface area contributed by atoms with Gasteiger partial charge in [-0.15, -0.1) is 0 Å². The van der Waals surface area contributed by atoms with Gasteiger partial charge in [0.15, 0.2) is 0 Å². The van der Waals surface area contributed by atoms with E-state index in [2.05, 4.69) is 0 Å². The molecule has 0 fully saturated rings. The van der Waals surface area contributed by atoms with Crippen molar-refractivity contribution in [1.29, 1.82) is 0 Å². The summed E-state index contributed by atoms with van der Waals surface area (Å²) >= 11 is 0. The third kappa shape index (κ3) is 4.88. The molecular formula is C12H17F2N. The van der Waals surface area contributed by atoms with Crippen molar-refractivity contribution < 1.29 is 8.78 Å². The highest BCUT2D eigenvalue weighted by Gasteiger charge is 2.12. The fraction of sp³-hybridized carbons (Fsp3) is 0.500. The molecule has 0 saturated carbocycles. The maximum absolute atomic E-state index is 12.2. The molecule has 2 N–H and O–H groups in total. The van der Waals surface area contributed by atoms with Gasteiger partial charge in [-0.2, -0.15) is 0 Å². The van der Waals surface area contributed by atoms with Gasteiger partial charge in [0.25, 0.3) is 0 Å². The molecular weight excluding hydrogens is 196 g/mol. The smallest absolute Gasteiger partial charge is 0.242 e. The number of alkyl halides is 2. The number of hydrogen-bond acceptors (Lipinski definition) is 1. The topological polar surface area (TPSA) is 26.0 Å². The molecule has 15 heavy (non-hydrogen) atoms. The molecule has 0 radical (unpaired) electrons. The number of benzene rings is 1. The second-order valence-corrected chi connectivity index (χ2v) is 4.58. The van der Waals surface area contributed by atoms with Gasteiger partial charge in [-0.05, 0) is 31.4 Å². The number of rotatable bonds is 4. The molecule has 0 saturated heterocycles. The molecule has 0 aromatic heterocycles. The van der Waals surface area contributed by atoms with E-state index in [0.29, 0.717) is 12.0 Å². The average molecular weight is 213 g/mol. The summed E-state index contributed by atoms with van der Waals surface area (Å²) in [5.74, 6) is 0. The van der Waals surface area contributed by atoms with Crippen LogP contribution in [0.3, 0.4) is 0 Å². The second kappa shape index (κ2) is 4.71. The summed E-state index contributed by atoms with van der Waals surface area (Å²) < 4.78 is 24.3. The molecule has 0 heterocycles. The lowest BCUT2D eigenvalue weighted by Gasteiger charge is -2.18. The molecule has 0 aliphatic rings. The van der Waals surface area contributed by atoms with E-state index in [9.17, 15) is 8.78 Å². The van der Waals surface area contributed by atoms with Crippen molar-refractivity contribution >= 4 is 0 Å². The van der Waals surface area contributed by atoms with Crippen molar-refractivity contribution in [1.82, 2.24) is 0 Å². The molecule has 1 nitrogen and oxygen atoms in total. The van der Waals surface area contributed by atoms with Crippen LogP contribution in [0.1, 0.15) is 25.0 Å². The van der Waals surface area contributed by atoms with Crippen molar-refractivity contribution in [3.8, 4) is 0 Å². The zero-order valence-electron chi connectivity index (χ0n) is 9.13. The number of hydrogen-bond donors (Lipinski definition) is 1. The molecule has 3 heteroatoms. The predicted molar refractivity (Wildman–Crippen MR) is 58.1 cm³/mol. The zero-order chi connectivity index (χ0) is 11.5. The molecule has 84 valence electrons. The fourth-order valence-electron chi connectivity index (χ4n) is 1.57. The second-order valence-electron chi connectivity index (χ2n) is 4.58. The highest BCUT2D eigenvalue weighted by atomic mass is 19.3. The standard InChI is InChI=1S/C12H17F2N/c1-12(2,15)8-10-5-3-4-9(6-10)7-11(13)14/h3-6,11H,7-8,15H2,1-2H3. The summed E-state index contributed by atoms with van der Waals surface area (Å²) in [6.45, 7) is 3.85. The van der Waals surface area contributed by atoms with E-state index in [-0.39, 0.29) is 12.0 Å². The van der Waals surface area contributed by atoms with Gasteiger partial charge in [-0.1, -0.05) is 24.3 Å². The van der Waals surface area contributed by atoms with Gasteiger partial charge >= 0.3 is 0 Å². The molecule has 0 atom stereocenters. The van der Waals surface area contributed by atoms with E-state index in [1.165, 1.54) is 0 Å². The van der Waals surface area contributed by atoms with E-state index < -0.39 is 6.43 Å². The average Bonchev–Trinajstić information content (AvgIpc) is 1.99. The Bertz CT molecular complexity index is 316. The van der Waals surface area contributed by atoms with Crippen molar-refractivity contribution in [2.45, 2.75) is 38.7 Å². The van der Waals surface area contributed by atoms with Crippen molar-refractivity contribution in [2.75, 3.05) is 0 Å². The fourth-order valence-corrected chi connectivity index (χ4v) is 1.57. The Morgan fingerprint density at radius 2 is 1.87 bits per heavy atom. The van der Waals surface area contributed by atoms with Gasteiger partial charge in [0.1, 0.15) is 0 Å². The van der Waals surface area contributed by atoms with Crippen molar-refractivity contribution in [2.24, 2.45) is 5.73 Å². The molecule has 0 amide bonds. The highest BCUT2D eigenvalue weighted by Crippen LogP contribution is 2.14. The highest BCUT2D eigenvalue weighted by molar-refractivity contribution is 5.25. The normalized spacial score (nSPS) is 12.1. The minimum atomic E-state index is -2.29. The summed E-state index contributed by atoms with van der Waals surface area (Å²) in [6, 6.07) is 7.25. The van der Waals surface area contributed by atoms with Crippen LogP contribution in [0.4, 0.5) is 8.78 Å². The maximum atomic E-state index is 12.2. The lowest BCUT2D eigenvalue weighted by atomic mass is 9.95. The van der Waals surface area contributed by atoms with E-state index in [0.717, 1.165) is 5.56 Å². The summed E-state index contributed by atoms with van der Waals surface area (Å²) in [4.78, 5) is 0. The molecule has 1 aromatic rings. The summed E-state index contributed by atoms with van der Waals surface area (Å²) in [6.07, 6.45) is -1.77.